The number of hydrogen-bond acceptors (Lipinski definition) is 6. The van der Waals surface area contributed by atoms with Gasteiger partial charge >= 0.3 is 12.2 Å². The lowest BCUT2D eigenvalue weighted by atomic mass is 10.2. The number of aryl methyl sites for hydroxylation is 1. The topological polar surface area (TPSA) is 147 Å². The number of ether oxygens (including phenoxy) is 1. The lowest BCUT2D eigenvalue weighted by Crippen LogP contribution is -2.21. The number of carbonyl (C=O) groups excluding carboxylic acids is 2. The number of aromatic nitrogens is 1. The summed E-state index contributed by atoms with van der Waals surface area (Å²) in [6.07, 6.45) is -3.70. The summed E-state index contributed by atoms with van der Waals surface area (Å²) in [4.78, 5) is 27.7. The van der Waals surface area contributed by atoms with Crippen LogP contribution in [0.2, 0.25) is 5.02 Å². The summed E-state index contributed by atoms with van der Waals surface area (Å²) in [6, 6.07) is 10.9. The predicted octanol–water partition coefficient (Wildman–Crippen LogP) is 7.07. The van der Waals surface area contributed by atoms with Gasteiger partial charge in [0, 0.05) is 41.2 Å². The summed E-state index contributed by atoms with van der Waals surface area (Å²) in [5.41, 5.74) is -1.88. The van der Waals surface area contributed by atoms with E-state index in [0.29, 0.717) is 18.2 Å². The Hall–Kier alpha value is -4.80. The van der Waals surface area contributed by atoms with Crippen molar-refractivity contribution in [2.45, 2.75) is 18.0 Å². The van der Waals surface area contributed by atoms with Crippen molar-refractivity contribution in [2.24, 2.45) is 0 Å². The van der Waals surface area contributed by atoms with Crippen molar-refractivity contribution in [1.82, 2.24) is 10.3 Å². The molecular weight excluding hydrogens is 651 g/mol. The van der Waals surface area contributed by atoms with E-state index in [-0.39, 0.29) is 22.0 Å². The van der Waals surface area contributed by atoms with Gasteiger partial charge in [-0.05, 0) is 43.3 Å². The number of nitrogens with one attached hydrogen (secondary N) is 3. The SMILES string of the molecule is Cc1ccc(S(=O)(=O)O)cc1.[2H]C([2H])([2H])NC(=O)c1cc(Oc2cc(F)c(NC(=O)Nc3ccc(Cl)c(C(F)(F)F)c3)c(F)c2)ccn1. The molecule has 17 heteroatoms. The Morgan fingerprint density at radius 2 is 1.60 bits per heavy atom. The van der Waals surface area contributed by atoms with Crippen LogP contribution >= 0.6 is 11.6 Å². The maximum absolute atomic E-state index is 14.5. The minimum absolute atomic E-state index is 0.0666. The third kappa shape index (κ3) is 9.85. The zero-order valence-corrected chi connectivity index (χ0v) is 24.1. The van der Waals surface area contributed by atoms with Gasteiger partial charge in [0.05, 0.1) is 15.5 Å². The van der Waals surface area contributed by atoms with Crippen molar-refractivity contribution in [1.29, 1.82) is 0 Å². The van der Waals surface area contributed by atoms with Crippen LogP contribution in [0.15, 0.2) is 77.8 Å². The highest BCUT2D eigenvalue weighted by Crippen LogP contribution is 2.36. The molecule has 3 aromatic carbocycles. The molecule has 0 aliphatic carbocycles. The molecule has 0 radical (unpaired) electrons. The fraction of sp³-hybridized carbons (Fsp3) is 0.107. The maximum Gasteiger partial charge on any atom is 0.417 e. The van der Waals surface area contributed by atoms with Gasteiger partial charge < -0.3 is 20.7 Å². The molecule has 1 aromatic heterocycles. The molecule has 0 aliphatic heterocycles. The fourth-order valence-electron chi connectivity index (χ4n) is 3.33. The normalized spacial score (nSPS) is 12.4. The fourth-order valence-corrected chi connectivity index (χ4v) is 4.04. The number of rotatable bonds is 6. The standard InChI is InChI=1S/C21H14ClF5N4O3.C7H8O3S/c1-28-19(32)17-9-11(4-5-29-17)34-12-7-15(23)18(16(24)8-12)31-20(33)30-10-2-3-14(22)13(6-10)21(25,26)27;1-6-2-4-7(5-3-6)11(8,9)10/h2-9H,1H3,(H,28,32)(H2,30,31,33);2-5H,1H3,(H,8,9,10)/i1D3;. The number of halogens is 6. The molecule has 0 spiro atoms. The highest BCUT2D eigenvalue weighted by molar-refractivity contribution is 7.85. The number of nitrogens with zero attached hydrogens (tertiary/aromatic N) is 1. The van der Waals surface area contributed by atoms with Gasteiger partial charge in [0.2, 0.25) is 0 Å². The molecule has 0 saturated heterocycles. The minimum Gasteiger partial charge on any atom is -0.457 e. The van der Waals surface area contributed by atoms with Crippen LogP contribution in [-0.2, 0) is 16.3 Å². The van der Waals surface area contributed by atoms with Crippen LogP contribution < -0.4 is 20.7 Å². The molecule has 238 valence electrons. The van der Waals surface area contributed by atoms with Crippen molar-refractivity contribution >= 4 is 45.0 Å². The van der Waals surface area contributed by atoms with Gasteiger partial charge in [-0.25, -0.2) is 13.6 Å². The van der Waals surface area contributed by atoms with Gasteiger partial charge in [0.25, 0.3) is 16.0 Å². The molecule has 1 heterocycles. The zero-order chi connectivity index (χ0) is 36.0. The molecular formula is C28H22ClF5N4O6S. The Labute approximate surface area is 262 Å². The Bertz CT molecular complexity index is 1910. The van der Waals surface area contributed by atoms with E-state index in [4.69, 9.17) is 25.0 Å². The molecule has 0 bridgehead atoms. The average molecular weight is 676 g/mol. The van der Waals surface area contributed by atoms with Crippen molar-refractivity contribution in [3.8, 4) is 11.5 Å². The zero-order valence-electron chi connectivity index (χ0n) is 25.5. The number of benzene rings is 3. The molecule has 0 unspecified atom stereocenters. The highest BCUT2D eigenvalue weighted by Gasteiger charge is 2.33. The molecule has 10 nitrogen and oxygen atoms in total. The Balaban J connectivity index is 0.000000480. The second-order valence-electron chi connectivity index (χ2n) is 8.75. The lowest BCUT2D eigenvalue weighted by molar-refractivity contribution is -0.137. The Morgan fingerprint density at radius 1 is 0.956 bits per heavy atom. The van der Waals surface area contributed by atoms with E-state index in [2.05, 4.69) is 4.98 Å². The number of anilines is 2. The van der Waals surface area contributed by atoms with E-state index in [9.17, 15) is 40.0 Å². The van der Waals surface area contributed by atoms with Crippen LogP contribution in [0.25, 0.3) is 0 Å². The van der Waals surface area contributed by atoms with Gasteiger partial charge in [0.15, 0.2) is 11.6 Å². The first-order valence-electron chi connectivity index (χ1n) is 13.6. The molecule has 45 heavy (non-hydrogen) atoms. The van der Waals surface area contributed by atoms with Gasteiger partial charge in [0.1, 0.15) is 22.9 Å². The lowest BCUT2D eigenvalue weighted by Gasteiger charge is -2.13. The molecule has 0 fully saturated rings. The van der Waals surface area contributed by atoms with Crippen LogP contribution in [-0.4, -0.2) is 36.9 Å². The number of pyridine rings is 1. The first-order valence-corrected chi connectivity index (χ1v) is 13.9. The van der Waals surface area contributed by atoms with Crippen LogP contribution in [0.1, 0.15) is 25.7 Å². The van der Waals surface area contributed by atoms with E-state index in [1.54, 1.807) is 17.4 Å². The van der Waals surface area contributed by atoms with Crippen molar-refractivity contribution < 1.29 is 53.4 Å². The molecule has 4 rings (SSSR count). The monoisotopic (exact) mass is 675 g/mol. The number of amides is 3. The molecule has 3 amide bonds. The summed E-state index contributed by atoms with van der Waals surface area (Å²) < 4.78 is 124. The van der Waals surface area contributed by atoms with Crippen molar-refractivity contribution in [3.05, 3.63) is 106 Å². The van der Waals surface area contributed by atoms with Gasteiger partial charge in [-0.2, -0.15) is 21.6 Å². The molecule has 0 saturated carbocycles. The number of alkyl halides is 3. The summed E-state index contributed by atoms with van der Waals surface area (Å²) >= 11 is 5.51. The minimum atomic E-state index is -4.80. The average Bonchev–Trinajstić information content (AvgIpc) is 2.95. The van der Waals surface area contributed by atoms with Crippen LogP contribution in [0.5, 0.6) is 11.5 Å². The summed E-state index contributed by atoms with van der Waals surface area (Å²) in [6.45, 7) is -0.932. The number of urea groups is 1. The van der Waals surface area contributed by atoms with Crippen molar-refractivity contribution in [3.63, 3.8) is 0 Å². The van der Waals surface area contributed by atoms with E-state index in [1.807, 2.05) is 17.6 Å². The summed E-state index contributed by atoms with van der Waals surface area (Å²) in [5, 5.41) is 4.97. The number of hydrogen-bond donors (Lipinski definition) is 4. The first kappa shape index (κ1) is 30.2. The van der Waals surface area contributed by atoms with E-state index >= 15 is 0 Å². The highest BCUT2D eigenvalue weighted by atomic mass is 35.5. The maximum atomic E-state index is 14.5. The number of carbonyl (C=O) groups is 2. The van der Waals surface area contributed by atoms with Crippen LogP contribution in [0, 0.1) is 18.6 Å². The second kappa shape index (κ2) is 14.3. The molecule has 4 aromatic rings. The van der Waals surface area contributed by atoms with Gasteiger partial charge in [-0.15, -0.1) is 0 Å². The Morgan fingerprint density at radius 3 is 2.18 bits per heavy atom. The van der Waals surface area contributed by atoms with Gasteiger partial charge in [-0.1, -0.05) is 29.3 Å². The van der Waals surface area contributed by atoms with Crippen LogP contribution in [0.3, 0.4) is 0 Å². The molecule has 0 atom stereocenters. The first-order chi connectivity index (χ1) is 22.1. The third-order valence-electron chi connectivity index (χ3n) is 5.42. The largest absolute Gasteiger partial charge is 0.457 e. The molecule has 0 aliphatic rings. The van der Waals surface area contributed by atoms with Crippen LogP contribution in [0.4, 0.5) is 38.1 Å². The van der Waals surface area contributed by atoms with E-state index in [1.165, 1.54) is 18.2 Å². The quantitative estimate of drug-likeness (QED) is 0.126. The third-order valence-corrected chi connectivity index (χ3v) is 6.61. The van der Waals surface area contributed by atoms with E-state index in [0.717, 1.165) is 30.0 Å². The molecule has 4 N–H and O–H groups in total. The van der Waals surface area contributed by atoms with Crippen molar-refractivity contribution in [2.75, 3.05) is 17.6 Å². The second-order valence-corrected chi connectivity index (χ2v) is 10.6. The summed E-state index contributed by atoms with van der Waals surface area (Å²) in [7, 11) is -4.02. The van der Waals surface area contributed by atoms with Gasteiger partial charge in [-0.3, -0.25) is 14.3 Å². The smallest absolute Gasteiger partial charge is 0.417 e. The summed E-state index contributed by atoms with van der Waals surface area (Å²) in [5.74, 6) is -4.16. The van der Waals surface area contributed by atoms with E-state index < -0.39 is 68.9 Å². The Kier molecular flexibility index (Phi) is 9.62. The predicted molar refractivity (Wildman–Crippen MR) is 154 cm³/mol.